The van der Waals surface area contributed by atoms with Gasteiger partial charge in [0.1, 0.15) is 0 Å². The predicted octanol–water partition coefficient (Wildman–Crippen LogP) is 1.76. The molecule has 0 aromatic rings. The van der Waals surface area contributed by atoms with Crippen LogP contribution in [0.3, 0.4) is 0 Å². The minimum Gasteiger partial charge on any atom is -0.432 e. The van der Waals surface area contributed by atoms with Crippen molar-refractivity contribution in [1.29, 1.82) is 0 Å². The lowest BCUT2D eigenvalue weighted by atomic mass is 10.3. The van der Waals surface area contributed by atoms with Crippen LogP contribution in [0, 0.1) is 0 Å². The van der Waals surface area contributed by atoms with E-state index in [9.17, 15) is 9.90 Å². The monoisotopic (exact) mass is 175 g/mol. The zero-order valence-corrected chi connectivity index (χ0v) is 7.54. The van der Waals surface area contributed by atoms with Crippen LogP contribution in [-0.4, -0.2) is 25.5 Å². The van der Waals surface area contributed by atoms with Gasteiger partial charge < -0.3 is 9.47 Å². The minimum atomic E-state index is -1.47. The van der Waals surface area contributed by atoms with Crippen LogP contribution in [0.5, 0.6) is 0 Å². The van der Waals surface area contributed by atoms with Crippen molar-refractivity contribution >= 4 is 6.16 Å². The van der Waals surface area contributed by atoms with Crippen molar-refractivity contribution in [3.05, 3.63) is 0 Å². The van der Waals surface area contributed by atoms with Gasteiger partial charge >= 0.3 is 6.16 Å². The number of ether oxygens (including phenoxy) is 2. The third-order valence-electron chi connectivity index (χ3n) is 1.35. The lowest BCUT2D eigenvalue weighted by molar-refractivity contribution is 0.0272. The summed E-state index contributed by atoms with van der Waals surface area (Å²) in [6, 6.07) is 0. The van der Waals surface area contributed by atoms with Crippen LogP contribution < -0.4 is 0 Å². The zero-order valence-electron chi connectivity index (χ0n) is 7.54. The first kappa shape index (κ1) is 11.2. The van der Waals surface area contributed by atoms with Crippen molar-refractivity contribution in [3.63, 3.8) is 0 Å². The Bertz CT molecular complexity index is 124. The highest BCUT2D eigenvalue weighted by atomic mass is 16.7. The molecule has 0 saturated heterocycles. The van der Waals surface area contributed by atoms with Gasteiger partial charge in [0, 0.05) is 13.0 Å². The van der Waals surface area contributed by atoms with Crippen LogP contribution in [0.15, 0.2) is 0 Å². The Labute approximate surface area is 72.5 Å². The molecule has 0 aliphatic rings. The summed E-state index contributed by atoms with van der Waals surface area (Å²) in [6.07, 6.45) is 0.113. The van der Waals surface area contributed by atoms with E-state index in [0.29, 0.717) is 13.0 Å². The van der Waals surface area contributed by atoms with Gasteiger partial charge in [0.15, 0.2) is 0 Å². The predicted molar refractivity (Wildman–Crippen MR) is 42.4 cm³/mol. The molecule has 0 amide bonds. The summed E-state index contributed by atoms with van der Waals surface area (Å²) in [7, 11) is 0. The molecule has 0 aliphatic carbocycles. The van der Waals surface area contributed by atoms with E-state index in [4.69, 9.17) is 4.74 Å². The molecule has 4 heteroatoms. The van der Waals surface area contributed by atoms with E-state index in [1.807, 2.05) is 13.8 Å². The molecule has 0 aromatic heterocycles. The summed E-state index contributed by atoms with van der Waals surface area (Å²) in [5.41, 5.74) is 0. The van der Waals surface area contributed by atoms with Gasteiger partial charge in [0.25, 0.3) is 0 Å². The fourth-order valence-electron chi connectivity index (χ4n) is 0.711. The largest absolute Gasteiger partial charge is 0.549 e. The molecular weight excluding hydrogens is 160 g/mol. The van der Waals surface area contributed by atoms with E-state index < -0.39 is 6.16 Å². The van der Waals surface area contributed by atoms with Crippen LogP contribution in [0.2, 0.25) is 0 Å². The fourth-order valence-corrected chi connectivity index (χ4v) is 0.711. The summed E-state index contributed by atoms with van der Waals surface area (Å²) >= 11 is 0. The highest BCUT2D eigenvalue weighted by Crippen LogP contribution is 1.98. The van der Waals surface area contributed by atoms with E-state index in [1.165, 1.54) is 0 Å². The smallest absolute Gasteiger partial charge is 0.432 e. The van der Waals surface area contributed by atoms with Gasteiger partial charge in [-0.2, -0.15) is 9.90 Å². The van der Waals surface area contributed by atoms with Crippen molar-refractivity contribution in [2.45, 2.75) is 32.8 Å². The summed E-state index contributed by atoms with van der Waals surface area (Å²) < 4.78 is 9.50. The van der Waals surface area contributed by atoms with E-state index in [0.717, 1.165) is 6.42 Å². The Balaban J connectivity index is 3.19. The SMILES string of the molecule is CCCOC(C)CCOC([O])=O. The molecule has 1 radical (unpaired) electrons. The van der Waals surface area contributed by atoms with Crippen LogP contribution in [-0.2, 0) is 14.6 Å². The van der Waals surface area contributed by atoms with Gasteiger partial charge in [-0.05, 0) is 13.3 Å². The maximum absolute atomic E-state index is 9.82. The molecule has 71 valence electrons. The van der Waals surface area contributed by atoms with Crippen molar-refractivity contribution in [2.24, 2.45) is 0 Å². The lowest BCUT2D eigenvalue weighted by Crippen LogP contribution is -2.13. The first-order valence-electron chi connectivity index (χ1n) is 4.12. The number of carbonyl (C=O) groups excluding carboxylic acids is 1. The van der Waals surface area contributed by atoms with Gasteiger partial charge in [-0.1, -0.05) is 6.92 Å². The molecule has 0 aromatic carbocycles. The average molecular weight is 175 g/mol. The Kier molecular flexibility index (Phi) is 6.47. The Morgan fingerprint density at radius 2 is 2.08 bits per heavy atom. The summed E-state index contributed by atoms with van der Waals surface area (Å²) in [5, 5.41) is 9.82. The molecule has 0 fully saturated rings. The number of hydrogen-bond acceptors (Lipinski definition) is 3. The van der Waals surface area contributed by atoms with Crippen molar-refractivity contribution < 1.29 is 19.4 Å². The van der Waals surface area contributed by atoms with Crippen LogP contribution in [0.1, 0.15) is 26.7 Å². The molecule has 0 spiro atoms. The molecule has 1 unspecified atom stereocenters. The second kappa shape index (κ2) is 6.91. The highest BCUT2D eigenvalue weighted by Gasteiger charge is 2.04. The molecule has 12 heavy (non-hydrogen) atoms. The van der Waals surface area contributed by atoms with Gasteiger partial charge in [0.2, 0.25) is 0 Å². The summed E-state index contributed by atoms with van der Waals surface area (Å²) in [5.74, 6) is 0. The van der Waals surface area contributed by atoms with Crippen LogP contribution in [0.4, 0.5) is 4.79 Å². The summed E-state index contributed by atoms with van der Waals surface area (Å²) in [4.78, 5) is 9.82. The first-order chi connectivity index (χ1) is 5.66. The molecule has 0 heterocycles. The quantitative estimate of drug-likeness (QED) is 0.578. The Morgan fingerprint density at radius 3 is 2.58 bits per heavy atom. The third kappa shape index (κ3) is 7.34. The lowest BCUT2D eigenvalue weighted by Gasteiger charge is -2.10. The van der Waals surface area contributed by atoms with Crippen molar-refractivity contribution in [3.8, 4) is 0 Å². The zero-order chi connectivity index (χ0) is 9.40. The number of rotatable bonds is 6. The normalized spacial score (nSPS) is 12.5. The first-order valence-corrected chi connectivity index (χ1v) is 4.12. The van der Waals surface area contributed by atoms with Crippen LogP contribution in [0.25, 0.3) is 0 Å². The highest BCUT2D eigenvalue weighted by molar-refractivity contribution is 5.56. The molecule has 1 atom stereocenters. The van der Waals surface area contributed by atoms with E-state index in [2.05, 4.69) is 4.74 Å². The third-order valence-corrected chi connectivity index (χ3v) is 1.35. The van der Waals surface area contributed by atoms with E-state index in [-0.39, 0.29) is 12.7 Å². The van der Waals surface area contributed by atoms with Gasteiger partial charge in [-0.15, -0.1) is 0 Å². The van der Waals surface area contributed by atoms with Gasteiger partial charge in [-0.3, -0.25) is 0 Å². The van der Waals surface area contributed by atoms with Crippen molar-refractivity contribution in [2.75, 3.05) is 13.2 Å². The standard InChI is InChI=1S/C8H15O4/c1-3-5-11-7(2)4-6-12-8(9)10/h7H,3-6H2,1-2H3. The molecule has 0 saturated carbocycles. The fraction of sp³-hybridized carbons (Fsp3) is 0.875. The Morgan fingerprint density at radius 1 is 1.42 bits per heavy atom. The maximum atomic E-state index is 9.82. The van der Waals surface area contributed by atoms with E-state index >= 15 is 0 Å². The minimum absolute atomic E-state index is 0.0456. The number of carbonyl (C=O) groups is 1. The van der Waals surface area contributed by atoms with Crippen LogP contribution >= 0.6 is 0 Å². The average Bonchev–Trinajstić information content (AvgIpc) is 2.00. The Hall–Kier alpha value is -0.770. The van der Waals surface area contributed by atoms with Crippen molar-refractivity contribution in [1.82, 2.24) is 0 Å². The molecule has 0 bridgehead atoms. The molecular formula is C8H15O4. The van der Waals surface area contributed by atoms with E-state index in [1.54, 1.807) is 0 Å². The molecule has 4 nitrogen and oxygen atoms in total. The number of hydrogen-bond donors (Lipinski definition) is 0. The topological polar surface area (TPSA) is 55.4 Å². The molecule has 0 aliphatic heterocycles. The molecule has 0 rings (SSSR count). The van der Waals surface area contributed by atoms with Gasteiger partial charge in [0.05, 0.1) is 12.7 Å². The second-order valence-corrected chi connectivity index (χ2v) is 2.57. The molecule has 0 N–H and O–H groups in total. The summed E-state index contributed by atoms with van der Waals surface area (Å²) in [6.45, 7) is 4.75. The second-order valence-electron chi connectivity index (χ2n) is 2.57. The van der Waals surface area contributed by atoms with Gasteiger partial charge in [-0.25, -0.2) is 0 Å². The maximum Gasteiger partial charge on any atom is 0.549 e.